The lowest BCUT2D eigenvalue weighted by Crippen LogP contribution is -2.32. The van der Waals surface area contributed by atoms with E-state index in [0.717, 1.165) is 25.4 Å². The van der Waals surface area contributed by atoms with E-state index >= 15 is 0 Å². The van der Waals surface area contributed by atoms with Gasteiger partial charge < -0.3 is 5.32 Å². The minimum absolute atomic E-state index is 0.459. The molecule has 1 fully saturated rings. The van der Waals surface area contributed by atoms with Gasteiger partial charge in [0, 0.05) is 18.3 Å². The predicted molar refractivity (Wildman–Crippen MR) is 76.0 cm³/mol. The normalized spacial score (nSPS) is 18.4. The maximum absolute atomic E-state index is 4.72. The van der Waals surface area contributed by atoms with Crippen molar-refractivity contribution in [2.75, 3.05) is 6.54 Å². The largest absolute Gasteiger partial charge is 0.312 e. The molecule has 1 aliphatic carbocycles. The topological polar surface area (TPSA) is 29.9 Å². The number of nitrogens with one attached hydrogen (secondary N) is 1. The quantitative estimate of drug-likeness (QED) is 0.839. The Labute approximate surface area is 111 Å². The lowest BCUT2D eigenvalue weighted by molar-refractivity contribution is 0.405. The smallest absolute Gasteiger partial charge is 0.0624 e. The molecule has 3 nitrogen and oxygen atoms in total. The third-order valence-electron chi connectivity index (χ3n) is 4.06. The van der Waals surface area contributed by atoms with Crippen LogP contribution < -0.4 is 5.32 Å². The summed E-state index contributed by atoms with van der Waals surface area (Å²) < 4.78 is 2.22. The minimum atomic E-state index is 0.459. The van der Waals surface area contributed by atoms with Gasteiger partial charge in [-0.3, -0.25) is 4.68 Å². The first-order chi connectivity index (χ1) is 8.74. The third kappa shape index (κ3) is 3.14. The molecule has 0 aliphatic heterocycles. The molecule has 1 saturated carbocycles. The summed E-state index contributed by atoms with van der Waals surface area (Å²) in [5.41, 5.74) is 2.59. The van der Waals surface area contributed by atoms with Gasteiger partial charge in [0.2, 0.25) is 0 Å². The van der Waals surface area contributed by atoms with Crippen molar-refractivity contribution in [2.24, 2.45) is 0 Å². The van der Waals surface area contributed by atoms with Gasteiger partial charge in [0.1, 0.15) is 0 Å². The van der Waals surface area contributed by atoms with Gasteiger partial charge in [0.15, 0.2) is 0 Å². The van der Waals surface area contributed by atoms with E-state index in [2.05, 4.69) is 36.8 Å². The molecule has 1 aromatic rings. The maximum Gasteiger partial charge on any atom is 0.0624 e. The molecule has 0 aromatic carbocycles. The molecule has 1 aliphatic rings. The third-order valence-corrected chi connectivity index (χ3v) is 4.06. The van der Waals surface area contributed by atoms with E-state index in [9.17, 15) is 0 Å². The van der Waals surface area contributed by atoms with Crippen LogP contribution in [0, 0.1) is 0 Å². The molecule has 18 heavy (non-hydrogen) atoms. The van der Waals surface area contributed by atoms with E-state index in [1.165, 1.54) is 37.1 Å². The Balaban J connectivity index is 1.94. The van der Waals surface area contributed by atoms with Crippen LogP contribution in [0.25, 0.3) is 0 Å². The molecular weight excluding hydrogens is 222 g/mol. The maximum atomic E-state index is 4.72. The zero-order valence-electron chi connectivity index (χ0n) is 12.1. The highest BCUT2D eigenvalue weighted by Crippen LogP contribution is 2.19. The monoisotopic (exact) mass is 249 g/mol. The summed E-state index contributed by atoms with van der Waals surface area (Å²) in [6, 6.07) is 3.46. The average molecular weight is 249 g/mol. The van der Waals surface area contributed by atoms with Gasteiger partial charge in [0.25, 0.3) is 0 Å². The molecule has 102 valence electrons. The van der Waals surface area contributed by atoms with Crippen molar-refractivity contribution in [3.05, 3.63) is 17.5 Å². The molecule has 0 amide bonds. The molecule has 1 N–H and O–H groups in total. The fraction of sp³-hybridized carbons (Fsp3) is 0.800. The Morgan fingerprint density at radius 1 is 1.33 bits per heavy atom. The van der Waals surface area contributed by atoms with Crippen LogP contribution in [0.3, 0.4) is 0 Å². The van der Waals surface area contributed by atoms with E-state index < -0.39 is 0 Å². The molecule has 0 radical (unpaired) electrons. The van der Waals surface area contributed by atoms with Crippen LogP contribution in [-0.4, -0.2) is 22.4 Å². The first-order valence-electron chi connectivity index (χ1n) is 7.55. The van der Waals surface area contributed by atoms with Crippen LogP contribution in [0.5, 0.6) is 0 Å². The molecule has 1 unspecified atom stereocenters. The van der Waals surface area contributed by atoms with Gasteiger partial charge in [-0.2, -0.15) is 5.10 Å². The highest BCUT2D eigenvalue weighted by molar-refractivity contribution is 5.11. The van der Waals surface area contributed by atoms with Crippen molar-refractivity contribution in [2.45, 2.75) is 71.4 Å². The first kappa shape index (κ1) is 13.6. The van der Waals surface area contributed by atoms with Gasteiger partial charge in [-0.25, -0.2) is 0 Å². The second kappa shape index (κ2) is 6.37. The number of rotatable bonds is 6. The van der Waals surface area contributed by atoms with Crippen molar-refractivity contribution in [1.82, 2.24) is 15.1 Å². The Morgan fingerprint density at radius 2 is 2.06 bits per heavy atom. The first-order valence-corrected chi connectivity index (χ1v) is 7.55. The number of hydrogen-bond acceptors (Lipinski definition) is 2. The molecule has 3 heteroatoms. The molecule has 1 atom stereocenters. The second-order valence-electron chi connectivity index (χ2n) is 5.52. The Kier molecular flexibility index (Phi) is 4.81. The van der Waals surface area contributed by atoms with E-state index in [1.54, 1.807) is 0 Å². The molecular formula is C15H27N3. The Hall–Kier alpha value is -0.830. The minimum Gasteiger partial charge on any atom is -0.312 e. The fourth-order valence-electron chi connectivity index (χ4n) is 2.86. The van der Waals surface area contributed by atoms with E-state index in [1.807, 2.05) is 0 Å². The lowest BCUT2D eigenvalue weighted by Gasteiger charge is -2.19. The van der Waals surface area contributed by atoms with Crippen LogP contribution in [0.2, 0.25) is 0 Å². The molecule has 0 spiro atoms. The average Bonchev–Trinajstić information content (AvgIpc) is 3.04. The van der Waals surface area contributed by atoms with Crippen molar-refractivity contribution in [3.8, 4) is 0 Å². The lowest BCUT2D eigenvalue weighted by atomic mass is 10.2. The van der Waals surface area contributed by atoms with E-state index in [0.29, 0.717) is 6.04 Å². The number of hydrogen-bond donors (Lipinski definition) is 1. The molecule has 0 bridgehead atoms. The molecule has 1 aromatic heterocycles. The highest BCUT2D eigenvalue weighted by Gasteiger charge is 2.17. The summed E-state index contributed by atoms with van der Waals surface area (Å²) in [4.78, 5) is 0. The summed E-state index contributed by atoms with van der Waals surface area (Å²) in [5, 5.41) is 8.42. The second-order valence-corrected chi connectivity index (χ2v) is 5.52. The van der Waals surface area contributed by atoms with Gasteiger partial charge in [-0.15, -0.1) is 0 Å². The summed E-state index contributed by atoms with van der Waals surface area (Å²) in [6.07, 6.45) is 7.60. The fourth-order valence-corrected chi connectivity index (χ4v) is 2.86. The number of aryl methyl sites for hydroxylation is 2. The van der Waals surface area contributed by atoms with E-state index in [-0.39, 0.29) is 0 Å². The number of nitrogens with zero attached hydrogens (tertiary/aromatic N) is 2. The molecule has 0 saturated heterocycles. The standard InChI is InChI=1S/C15H27N3/c1-4-13-10-15(5-2)18(17-13)12(3)11-16-14-8-6-7-9-14/h10,12,14,16H,4-9,11H2,1-3H3. The summed E-state index contributed by atoms with van der Waals surface area (Å²) in [7, 11) is 0. The van der Waals surface area contributed by atoms with Gasteiger partial charge in [0.05, 0.1) is 11.7 Å². The van der Waals surface area contributed by atoms with Gasteiger partial charge in [-0.05, 0) is 38.7 Å². The summed E-state index contributed by atoms with van der Waals surface area (Å²) >= 11 is 0. The van der Waals surface area contributed by atoms with Crippen LogP contribution in [0.15, 0.2) is 6.07 Å². The Bertz CT molecular complexity index is 364. The molecule has 1 heterocycles. The summed E-state index contributed by atoms with van der Waals surface area (Å²) in [5.74, 6) is 0. The van der Waals surface area contributed by atoms with Gasteiger partial charge >= 0.3 is 0 Å². The summed E-state index contributed by atoms with van der Waals surface area (Å²) in [6.45, 7) is 7.70. The zero-order chi connectivity index (χ0) is 13.0. The van der Waals surface area contributed by atoms with Crippen molar-refractivity contribution >= 4 is 0 Å². The SMILES string of the molecule is CCc1cc(CC)n(C(C)CNC2CCCC2)n1. The Morgan fingerprint density at radius 3 is 2.67 bits per heavy atom. The van der Waals surface area contributed by atoms with Crippen molar-refractivity contribution in [3.63, 3.8) is 0 Å². The zero-order valence-corrected chi connectivity index (χ0v) is 12.1. The van der Waals surface area contributed by atoms with Crippen LogP contribution in [0.4, 0.5) is 0 Å². The molecule has 2 rings (SSSR count). The highest BCUT2D eigenvalue weighted by atomic mass is 15.3. The van der Waals surface area contributed by atoms with Crippen LogP contribution in [-0.2, 0) is 12.8 Å². The van der Waals surface area contributed by atoms with Crippen molar-refractivity contribution in [1.29, 1.82) is 0 Å². The number of aromatic nitrogens is 2. The van der Waals surface area contributed by atoms with Gasteiger partial charge in [-0.1, -0.05) is 26.7 Å². The predicted octanol–water partition coefficient (Wildman–Crippen LogP) is 3.10. The van der Waals surface area contributed by atoms with E-state index in [4.69, 9.17) is 5.10 Å². The van der Waals surface area contributed by atoms with Crippen LogP contribution >= 0.6 is 0 Å². The van der Waals surface area contributed by atoms with Crippen molar-refractivity contribution < 1.29 is 0 Å². The van der Waals surface area contributed by atoms with Crippen LogP contribution in [0.1, 0.15) is 63.9 Å².